The molecule has 0 bridgehead atoms. The number of hydrogen-bond donors (Lipinski definition) is 1. The molecule has 1 aliphatic rings. The Balaban J connectivity index is 2.40. The summed E-state index contributed by atoms with van der Waals surface area (Å²) in [5.41, 5.74) is 8.24. The van der Waals surface area contributed by atoms with Gasteiger partial charge in [-0.3, -0.25) is 4.79 Å². The van der Waals surface area contributed by atoms with Gasteiger partial charge in [-0.05, 0) is 38.0 Å². The van der Waals surface area contributed by atoms with E-state index in [1.165, 1.54) is 0 Å². The van der Waals surface area contributed by atoms with Crippen LogP contribution < -0.4 is 5.73 Å². The van der Waals surface area contributed by atoms with E-state index in [1.54, 1.807) is 6.07 Å². The van der Waals surface area contributed by atoms with Crippen LogP contribution in [0.15, 0.2) is 18.2 Å². The molecule has 1 amide bonds. The number of anilines is 1. The van der Waals surface area contributed by atoms with E-state index in [2.05, 4.69) is 0 Å². The fourth-order valence-corrected chi connectivity index (χ4v) is 2.00. The smallest absolute Gasteiger partial charge is 0.254 e. The summed E-state index contributed by atoms with van der Waals surface area (Å²) in [4.78, 5) is 14.0. The van der Waals surface area contributed by atoms with Gasteiger partial charge in [-0.15, -0.1) is 0 Å². The summed E-state index contributed by atoms with van der Waals surface area (Å²) in [7, 11) is 0. The van der Waals surface area contributed by atoms with Crippen LogP contribution in [0.1, 0.15) is 29.8 Å². The van der Waals surface area contributed by atoms with Crippen LogP contribution >= 0.6 is 0 Å². The zero-order valence-corrected chi connectivity index (χ0v) is 9.16. The first kappa shape index (κ1) is 10.0. The summed E-state index contributed by atoms with van der Waals surface area (Å²) in [5.74, 6) is 0.110. The second-order valence-corrected chi connectivity index (χ2v) is 4.26. The molecule has 1 aliphatic heterocycles. The second-order valence-electron chi connectivity index (χ2n) is 4.26. The number of nitrogens with zero attached hydrogens (tertiary/aromatic N) is 1. The second kappa shape index (κ2) is 3.57. The molecule has 2 rings (SSSR count). The Hall–Kier alpha value is -1.51. The van der Waals surface area contributed by atoms with Crippen LogP contribution in [0.25, 0.3) is 0 Å². The highest BCUT2D eigenvalue weighted by atomic mass is 16.2. The van der Waals surface area contributed by atoms with E-state index in [0.717, 1.165) is 24.1 Å². The van der Waals surface area contributed by atoms with Crippen molar-refractivity contribution < 1.29 is 4.79 Å². The van der Waals surface area contributed by atoms with Gasteiger partial charge in [-0.25, -0.2) is 0 Å². The van der Waals surface area contributed by atoms with E-state index in [9.17, 15) is 4.79 Å². The molecule has 1 heterocycles. The van der Waals surface area contributed by atoms with Crippen molar-refractivity contribution in [1.82, 2.24) is 4.90 Å². The summed E-state index contributed by atoms with van der Waals surface area (Å²) in [6.07, 6.45) is 0.930. The summed E-state index contributed by atoms with van der Waals surface area (Å²) in [6.45, 7) is 4.89. The molecule has 3 nitrogen and oxygen atoms in total. The lowest BCUT2D eigenvalue weighted by atomic mass is 9.97. The molecule has 0 saturated carbocycles. The molecule has 0 aliphatic carbocycles. The van der Waals surface area contributed by atoms with Crippen LogP contribution in [-0.2, 0) is 6.42 Å². The Morgan fingerprint density at radius 2 is 2.13 bits per heavy atom. The molecule has 15 heavy (non-hydrogen) atoms. The molecule has 2 N–H and O–H groups in total. The van der Waals surface area contributed by atoms with Crippen LogP contribution in [0, 0.1) is 0 Å². The molecule has 1 aromatic rings. The van der Waals surface area contributed by atoms with Crippen molar-refractivity contribution in [3.8, 4) is 0 Å². The van der Waals surface area contributed by atoms with Crippen LogP contribution in [0.4, 0.5) is 5.69 Å². The van der Waals surface area contributed by atoms with Crippen molar-refractivity contribution in [1.29, 1.82) is 0 Å². The molecule has 80 valence electrons. The number of fused-ring (bicyclic) bond motifs is 1. The predicted octanol–water partition coefficient (Wildman–Crippen LogP) is 1.68. The quantitative estimate of drug-likeness (QED) is 0.707. The average Bonchev–Trinajstić information content (AvgIpc) is 2.19. The standard InChI is InChI=1S/C12H16N2O/c1-8(2)14-6-5-9-3-4-10(13)7-11(9)12(14)15/h3-4,7-8H,5-6,13H2,1-2H3. The lowest BCUT2D eigenvalue weighted by molar-refractivity contribution is 0.0688. The molecule has 0 saturated heterocycles. The maximum atomic E-state index is 12.1. The number of rotatable bonds is 1. The maximum Gasteiger partial charge on any atom is 0.254 e. The third kappa shape index (κ3) is 1.69. The van der Waals surface area contributed by atoms with Crippen molar-refractivity contribution in [2.24, 2.45) is 0 Å². The molecule has 0 spiro atoms. The molecule has 0 unspecified atom stereocenters. The topological polar surface area (TPSA) is 46.3 Å². The van der Waals surface area contributed by atoms with Gasteiger partial charge in [0.1, 0.15) is 0 Å². The van der Waals surface area contributed by atoms with E-state index in [-0.39, 0.29) is 11.9 Å². The fraction of sp³-hybridized carbons (Fsp3) is 0.417. The van der Waals surface area contributed by atoms with Crippen LogP contribution in [-0.4, -0.2) is 23.4 Å². The lowest BCUT2D eigenvalue weighted by Crippen LogP contribution is -2.42. The number of amides is 1. The van der Waals surface area contributed by atoms with Crippen molar-refractivity contribution >= 4 is 11.6 Å². The first-order valence-electron chi connectivity index (χ1n) is 5.29. The fourth-order valence-electron chi connectivity index (χ4n) is 2.00. The van der Waals surface area contributed by atoms with Gasteiger partial charge in [0.05, 0.1) is 0 Å². The predicted molar refractivity (Wildman–Crippen MR) is 60.7 cm³/mol. The van der Waals surface area contributed by atoms with Crippen molar-refractivity contribution in [3.63, 3.8) is 0 Å². The normalized spacial score (nSPS) is 15.7. The summed E-state index contributed by atoms with van der Waals surface area (Å²) >= 11 is 0. The lowest BCUT2D eigenvalue weighted by Gasteiger charge is -2.31. The minimum Gasteiger partial charge on any atom is -0.399 e. The van der Waals surface area contributed by atoms with E-state index < -0.39 is 0 Å². The van der Waals surface area contributed by atoms with Crippen LogP contribution in [0.3, 0.4) is 0 Å². The number of carbonyl (C=O) groups excluding carboxylic acids is 1. The van der Waals surface area contributed by atoms with Gasteiger partial charge in [0, 0.05) is 23.8 Å². The summed E-state index contributed by atoms with van der Waals surface area (Å²) < 4.78 is 0. The summed E-state index contributed by atoms with van der Waals surface area (Å²) in [5, 5.41) is 0. The number of carbonyl (C=O) groups is 1. The molecule has 0 fully saturated rings. The van der Waals surface area contributed by atoms with E-state index in [4.69, 9.17) is 5.73 Å². The van der Waals surface area contributed by atoms with E-state index in [1.807, 2.05) is 30.9 Å². The first-order chi connectivity index (χ1) is 7.09. The monoisotopic (exact) mass is 204 g/mol. The van der Waals surface area contributed by atoms with Crippen molar-refractivity contribution in [2.45, 2.75) is 26.3 Å². The first-order valence-corrected chi connectivity index (χ1v) is 5.29. The number of benzene rings is 1. The minimum absolute atomic E-state index is 0.110. The van der Waals surface area contributed by atoms with Gasteiger partial charge in [0.2, 0.25) is 0 Å². The molecule has 0 aromatic heterocycles. The highest BCUT2D eigenvalue weighted by molar-refractivity contribution is 5.97. The van der Waals surface area contributed by atoms with E-state index >= 15 is 0 Å². The minimum atomic E-state index is 0.110. The van der Waals surface area contributed by atoms with Gasteiger partial charge in [0.25, 0.3) is 5.91 Å². The van der Waals surface area contributed by atoms with Crippen LogP contribution in [0.5, 0.6) is 0 Å². The van der Waals surface area contributed by atoms with Gasteiger partial charge >= 0.3 is 0 Å². The maximum absolute atomic E-state index is 12.1. The highest BCUT2D eigenvalue weighted by Crippen LogP contribution is 2.22. The third-order valence-electron chi connectivity index (χ3n) is 2.87. The van der Waals surface area contributed by atoms with Crippen molar-refractivity contribution in [3.05, 3.63) is 29.3 Å². The Kier molecular flexibility index (Phi) is 2.39. The Morgan fingerprint density at radius 3 is 2.80 bits per heavy atom. The average molecular weight is 204 g/mol. The zero-order chi connectivity index (χ0) is 11.0. The Labute approximate surface area is 89.9 Å². The van der Waals surface area contributed by atoms with E-state index in [0.29, 0.717) is 5.69 Å². The number of nitrogen functional groups attached to an aromatic ring is 1. The number of nitrogens with two attached hydrogens (primary N) is 1. The molecule has 0 radical (unpaired) electrons. The highest BCUT2D eigenvalue weighted by Gasteiger charge is 2.25. The van der Waals surface area contributed by atoms with Crippen molar-refractivity contribution in [2.75, 3.05) is 12.3 Å². The third-order valence-corrected chi connectivity index (χ3v) is 2.87. The van der Waals surface area contributed by atoms with Crippen LogP contribution in [0.2, 0.25) is 0 Å². The molecule has 3 heteroatoms. The van der Waals surface area contributed by atoms with Gasteiger partial charge in [-0.2, -0.15) is 0 Å². The van der Waals surface area contributed by atoms with Gasteiger partial charge < -0.3 is 10.6 Å². The van der Waals surface area contributed by atoms with Gasteiger partial charge in [0.15, 0.2) is 0 Å². The number of hydrogen-bond acceptors (Lipinski definition) is 2. The molecular weight excluding hydrogens is 188 g/mol. The molecule has 0 atom stereocenters. The summed E-state index contributed by atoms with van der Waals surface area (Å²) in [6, 6.07) is 5.86. The SMILES string of the molecule is CC(C)N1CCc2ccc(N)cc2C1=O. The van der Waals surface area contributed by atoms with Gasteiger partial charge in [-0.1, -0.05) is 6.07 Å². The zero-order valence-electron chi connectivity index (χ0n) is 9.16. The molecular formula is C12H16N2O. The largest absolute Gasteiger partial charge is 0.399 e. The Morgan fingerprint density at radius 1 is 1.40 bits per heavy atom. The molecule has 1 aromatic carbocycles. The Bertz CT molecular complexity index is 399.